The maximum atomic E-state index is 14.4. The first-order valence-electron chi connectivity index (χ1n) is 9.14. The van der Waals surface area contributed by atoms with E-state index in [1.54, 1.807) is 66.5 Å². The van der Waals surface area contributed by atoms with Crippen LogP contribution in [0.25, 0.3) is 11.1 Å². The first kappa shape index (κ1) is 18.7. The van der Waals surface area contributed by atoms with Crippen LogP contribution in [-0.4, -0.2) is 20.0 Å². The van der Waals surface area contributed by atoms with Crippen LogP contribution in [0.2, 0.25) is 0 Å². The molecule has 0 aliphatic rings. The Labute approximate surface area is 165 Å². The zero-order valence-electron chi connectivity index (χ0n) is 15.7. The lowest BCUT2D eigenvalue weighted by molar-refractivity contribution is -0.121. The van der Waals surface area contributed by atoms with Gasteiger partial charge in [0.25, 0.3) is 0 Å². The van der Waals surface area contributed by atoms with Crippen LogP contribution in [0.3, 0.4) is 0 Å². The van der Waals surface area contributed by atoms with Gasteiger partial charge in [-0.25, -0.2) is 14.2 Å². The van der Waals surface area contributed by atoms with Crippen molar-refractivity contribution in [3.63, 3.8) is 0 Å². The Morgan fingerprint density at radius 1 is 1.21 bits per heavy atom. The summed E-state index contributed by atoms with van der Waals surface area (Å²) in [4.78, 5) is 29.0. The summed E-state index contributed by atoms with van der Waals surface area (Å²) >= 11 is 0. The lowest BCUT2D eigenvalue weighted by atomic mass is 10.1. The van der Waals surface area contributed by atoms with Crippen LogP contribution in [0, 0.1) is 5.82 Å². The number of nitrogens with one attached hydrogen (secondary N) is 1. The lowest BCUT2D eigenvalue weighted by Crippen LogP contribution is -2.32. The third kappa shape index (κ3) is 3.69. The molecule has 1 atom stereocenters. The fourth-order valence-corrected chi connectivity index (χ4v) is 3.32. The summed E-state index contributed by atoms with van der Waals surface area (Å²) in [5.41, 5.74) is 1.41. The number of hydrogen-bond donors (Lipinski definition) is 1. The van der Waals surface area contributed by atoms with Crippen LogP contribution in [0.1, 0.15) is 23.9 Å². The van der Waals surface area contributed by atoms with E-state index >= 15 is 0 Å². The second-order valence-corrected chi connectivity index (χ2v) is 6.66. The average molecular weight is 394 g/mol. The van der Waals surface area contributed by atoms with E-state index in [9.17, 15) is 14.0 Å². The summed E-state index contributed by atoms with van der Waals surface area (Å²) in [5.74, 6) is -0.778. The molecule has 0 saturated heterocycles. The van der Waals surface area contributed by atoms with Crippen molar-refractivity contribution in [3.8, 4) is 0 Å². The van der Waals surface area contributed by atoms with Gasteiger partial charge in [0.1, 0.15) is 17.7 Å². The number of nitrogens with zero attached hydrogens (tertiary/aromatic N) is 3. The third-order valence-corrected chi connectivity index (χ3v) is 4.77. The highest BCUT2D eigenvalue weighted by Crippen LogP contribution is 2.23. The molecule has 1 N–H and O–H groups in total. The molecular weight excluding hydrogens is 375 g/mol. The minimum absolute atomic E-state index is 0.0266. The molecule has 2 aromatic heterocycles. The smallest absolute Gasteiger partial charge is 0.408 e. The van der Waals surface area contributed by atoms with Gasteiger partial charge in [0.15, 0.2) is 5.58 Å². The molecule has 0 spiro atoms. The maximum Gasteiger partial charge on any atom is 0.419 e. The highest BCUT2D eigenvalue weighted by atomic mass is 19.1. The molecule has 0 saturated carbocycles. The van der Waals surface area contributed by atoms with Crippen molar-refractivity contribution in [2.75, 3.05) is 0 Å². The van der Waals surface area contributed by atoms with Gasteiger partial charge in [0.05, 0.1) is 5.52 Å². The molecular formula is C21H19FN4O3. The van der Waals surface area contributed by atoms with Crippen molar-refractivity contribution < 1.29 is 13.6 Å². The Morgan fingerprint density at radius 2 is 1.97 bits per heavy atom. The second kappa shape index (κ2) is 7.75. The normalized spacial score (nSPS) is 12.2. The molecule has 4 aromatic rings. The summed E-state index contributed by atoms with van der Waals surface area (Å²) in [6, 6.07) is 12.5. The van der Waals surface area contributed by atoms with E-state index in [-0.39, 0.29) is 18.9 Å². The average Bonchev–Trinajstić information content (AvgIpc) is 3.27. The molecule has 0 radical (unpaired) electrons. The Hall–Kier alpha value is -3.68. The number of carbonyl (C=O) groups is 1. The minimum atomic E-state index is -0.749. The quantitative estimate of drug-likeness (QED) is 0.545. The predicted molar refractivity (Wildman–Crippen MR) is 105 cm³/mol. The molecule has 0 fully saturated rings. The SMILES string of the molecule is Cn1ccnc1C(NC(=O)CCn1c(=O)oc2ccccc21)c1ccccc1F. The first-order valence-corrected chi connectivity index (χ1v) is 9.14. The molecule has 8 heteroatoms. The van der Waals surface area contributed by atoms with Gasteiger partial charge in [-0.2, -0.15) is 0 Å². The van der Waals surface area contributed by atoms with Gasteiger partial charge in [0, 0.05) is 38.0 Å². The number of benzene rings is 2. The molecule has 2 heterocycles. The van der Waals surface area contributed by atoms with Crippen molar-refractivity contribution >= 4 is 17.0 Å². The van der Waals surface area contributed by atoms with Crippen molar-refractivity contribution in [2.45, 2.75) is 19.0 Å². The number of amides is 1. The molecule has 7 nitrogen and oxygen atoms in total. The first-order chi connectivity index (χ1) is 14.0. The number of oxazole rings is 1. The highest BCUT2D eigenvalue weighted by Gasteiger charge is 2.23. The van der Waals surface area contributed by atoms with E-state index in [2.05, 4.69) is 10.3 Å². The molecule has 2 aromatic carbocycles. The van der Waals surface area contributed by atoms with E-state index < -0.39 is 17.6 Å². The Balaban J connectivity index is 1.56. The number of carbonyl (C=O) groups excluding carboxylic acids is 1. The number of imidazole rings is 1. The Bertz CT molecular complexity index is 1220. The Morgan fingerprint density at radius 3 is 2.72 bits per heavy atom. The zero-order chi connectivity index (χ0) is 20.4. The van der Waals surface area contributed by atoms with Crippen LogP contribution >= 0.6 is 0 Å². The topological polar surface area (TPSA) is 82.1 Å². The van der Waals surface area contributed by atoms with Gasteiger partial charge in [-0.1, -0.05) is 30.3 Å². The van der Waals surface area contributed by atoms with E-state index in [0.29, 0.717) is 22.5 Å². The Kier molecular flexibility index (Phi) is 4.99. The van der Waals surface area contributed by atoms with E-state index in [0.717, 1.165) is 0 Å². The minimum Gasteiger partial charge on any atom is -0.408 e. The summed E-state index contributed by atoms with van der Waals surface area (Å²) in [7, 11) is 1.78. The number of halogens is 1. The fraction of sp³-hybridized carbons (Fsp3) is 0.190. The largest absolute Gasteiger partial charge is 0.419 e. The van der Waals surface area contributed by atoms with Gasteiger partial charge in [-0.3, -0.25) is 9.36 Å². The summed E-state index contributed by atoms with van der Waals surface area (Å²) in [6.45, 7) is 0.145. The van der Waals surface area contributed by atoms with Crippen LogP contribution < -0.4 is 11.1 Å². The monoisotopic (exact) mass is 394 g/mol. The molecule has 4 rings (SSSR count). The molecule has 29 heavy (non-hydrogen) atoms. The summed E-state index contributed by atoms with van der Waals surface area (Å²) in [5, 5.41) is 2.84. The van der Waals surface area contributed by atoms with Crippen molar-refractivity contribution in [2.24, 2.45) is 7.05 Å². The van der Waals surface area contributed by atoms with Crippen LogP contribution in [0.4, 0.5) is 4.39 Å². The van der Waals surface area contributed by atoms with Gasteiger partial charge < -0.3 is 14.3 Å². The van der Waals surface area contributed by atoms with E-state index in [1.165, 1.54) is 10.6 Å². The maximum absolute atomic E-state index is 14.4. The number of hydrogen-bond acceptors (Lipinski definition) is 4. The highest BCUT2D eigenvalue weighted by molar-refractivity contribution is 5.77. The molecule has 1 amide bonds. The number of rotatable bonds is 6. The zero-order valence-corrected chi connectivity index (χ0v) is 15.7. The predicted octanol–water partition coefficient (Wildman–Crippen LogP) is 2.76. The second-order valence-electron chi connectivity index (χ2n) is 6.66. The van der Waals surface area contributed by atoms with E-state index in [1.807, 2.05) is 0 Å². The fourth-order valence-electron chi connectivity index (χ4n) is 3.32. The van der Waals surface area contributed by atoms with Crippen LogP contribution in [0.5, 0.6) is 0 Å². The number of para-hydroxylation sites is 2. The molecule has 0 bridgehead atoms. The van der Waals surface area contributed by atoms with Gasteiger partial charge in [-0.05, 0) is 18.2 Å². The third-order valence-electron chi connectivity index (χ3n) is 4.77. The van der Waals surface area contributed by atoms with Gasteiger partial charge >= 0.3 is 5.76 Å². The van der Waals surface area contributed by atoms with Crippen LogP contribution in [-0.2, 0) is 18.4 Å². The number of aromatic nitrogens is 3. The number of aryl methyl sites for hydroxylation is 2. The van der Waals surface area contributed by atoms with Crippen molar-refractivity contribution in [3.05, 3.63) is 88.7 Å². The van der Waals surface area contributed by atoms with Crippen molar-refractivity contribution in [1.29, 1.82) is 0 Å². The van der Waals surface area contributed by atoms with E-state index in [4.69, 9.17) is 4.42 Å². The van der Waals surface area contributed by atoms with Gasteiger partial charge in [-0.15, -0.1) is 0 Å². The molecule has 0 aliphatic carbocycles. The van der Waals surface area contributed by atoms with Gasteiger partial charge in [0.2, 0.25) is 5.91 Å². The van der Waals surface area contributed by atoms with Crippen molar-refractivity contribution in [1.82, 2.24) is 19.4 Å². The summed E-state index contributed by atoms with van der Waals surface area (Å²) in [6.07, 6.45) is 3.35. The summed E-state index contributed by atoms with van der Waals surface area (Å²) < 4.78 is 22.7. The lowest BCUT2D eigenvalue weighted by Gasteiger charge is -2.19. The molecule has 1 unspecified atom stereocenters. The number of fused-ring (bicyclic) bond motifs is 1. The standard InChI is InChI=1S/C21H19FN4O3/c1-25-13-11-23-20(25)19(14-6-2-3-7-15(14)22)24-18(27)10-12-26-16-8-4-5-9-17(16)29-21(26)28/h2-9,11,13,19H,10,12H2,1H3,(H,24,27). The van der Waals surface area contributed by atoms with Crippen LogP contribution in [0.15, 0.2) is 70.1 Å². The molecule has 148 valence electrons. The molecule has 0 aliphatic heterocycles.